The fourth-order valence-corrected chi connectivity index (χ4v) is 5.30. The lowest BCUT2D eigenvalue weighted by Crippen LogP contribution is -2.36. The standard InChI is InChI=1S/C25H25FN2O3S/c1-2-3-18-4-6-20(7-5-18)25(29)27-23-11-8-19-14-15-28(17-21(19)16-23)32(30,31)24-12-9-22(26)10-13-24/h4-13,16H,2-3,14-15,17H2,1H3,(H,27,29). The Labute approximate surface area is 187 Å². The molecule has 0 radical (unpaired) electrons. The molecule has 166 valence electrons. The normalized spacial score (nSPS) is 14.1. The molecule has 7 heteroatoms. The molecule has 0 bridgehead atoms. The van der Waals surface area contributed by atoms with Gasteiger partial charge in [0.05, 0.1) is 4.90 Å². The molecule has 4 rings (SSSR count). The number of hydrogen-bond donors (Lipinski definition) is 1. The molecule has 1 amide bonds. The summed E-state index contributed by atoms with van der Waals surface area (Å²) in [4.78, 5) is 12.7. The van der Waals surface area contributed by atoms with Gasteiger partial charge in [-0.25, -0.2) is 12.8 Å². The Morgan fingerprint density at radius 3 is 2.41 bits per heavy atom. The lowest BCUT2D eigenvalue weighted by atomic mass is 10.0. The second-order valence-corrected chi connectivity index (χ2v) is 9.86. The zero-order valence-electron chi connectivity index (χ0n) is 17.8. The van der Waals surface area contributed by atoms with Gasteiger partial charge in [0.1, 0.15) is 5.82 Å². The van der Waals surface area contributed by atoms with Crippen molar-refractivity contribution in [2.24, 2.45) is 0 Å². The highest BCUT2D eigenvalue weighted by atomic mass is 32.2. The summed E-state index contributed by atoms with van der Waals surface area (Å²) in [5.74, 6) is -0.687. The Morgan fingerprint density at radius 1 is 1.00 bits per heavy atom. The first kappa shape index (κ1) is 22.2. The van der Waals surface area contributed by atoms with E-state index in [1.165, 1.54) is 22.0 Å². The topological polar surface area (TPSA) is 66.5 Å². The summed E-state index contributed by atoms with van der Waals surface area (Å²) in [5, 5.41) is 2.90. The Morgan fingerprint density at radius 2 is 1.72 bits per heavy atom. The molecule has 0 saturated carbocycles. The molecular weight excluding hydrogens is 427 g/mol. The van der Waals surface area contributed by atoms with E-state index in [4.69, 9.17) is 0 Å². The molecule has 1 aliphatic rings. The van der Waals surface area contributed by atoms with Crippen LogP contribution in [0.5, 0.6) is 0 Å². The second kappa shape index (κ2) is 9.22. The van der Waals surface area contributed by atoms with Gasteiger partial charge in [-0.2, -0.15) is 4.31 Å². The fraction of sp³-hybridized carbons (Fsp3) is 0.240. The van der Waals surface area contributed by atoms with Crippen LogP contribution in [0.25, 0.3) is 0 Å². The van der Waals surface area contributed by atoms with Crippen LogP contribution in [0.2, 0.25) is 0 Å². The molecule has 32 heavy (non-hydrogen) atoms. The number of hydrogen-bond acceptors (Lipinski definition) is 3. The number of nitrogens with one attached hydrogen (secondary N) is 1. The molecule has 0 atom stereocenters. The maximum absolute atomic E-state index is 13.2. The smallest absolute Gasteiger partial charge is 0.255 e. The number of rotatable bonds is 6. The molecule has 3 aromatic rings. The predicted octanol–water partition coefficient (Wildman–Crippen LogP) is 4.78. The Bertz CT molecular complexity index is 1220. The van der Waals surface area contributed by atoms with Gasteiger partial charge in [-0.15, -0.1) is 0 Å². The van der Waals surface area contributed by atoms with Gasteiger partial charge in [-0.3, -0.25) is 4.79 Å². The predicted molar refractivity (Wildman–Crippen MR) is 123 cm³/mol. The first-order chi connectivity index (χ1) is 15.4. The van der Waals surface area contributed by atoms with Gasteiger partial charge in [0.25, 0.3) is 5.91 Å². The van der Waals surface area contributed by atoms with Gasteiger partial charge < -0.3 is 5.32 Å². The lowest BCUT2D eigenvalue weighted by molar-refractivity contribution is 0.102. The first-order valence-corrected chi connectivity index (χ1v) is 12.1. The molecule has 0 aliphatic carbocycles. The van der Waals surface area contributed by atoms with Crippen molar-refractivity contribution < 1.29 is 17.6 Å². The van der Waals surface area contributed by atoms with Gasteiger partial charge in [0.15, 0.2) is 0 Å². The minimum absolute atomic E-state index is 0.0679. The molecule has 5 nitrogen and oxygen atoms in total. The minimum Gasteiger partial charge on any atom is -0.322 e. The molecule has 0 unspecified atom stereocenters. The number of anilines is 1. The third kappa shape index (κ3) is 4.74. The minimum atomic E-state index is -3.73. The third-order valence-electron chi connectivity index (χ3n) is 5.65. The molecular formula is C25H25FN2O3S. The van der Waals surface area contributed by atoms with Crippen LogP contribution < -0.4 is 5.32 Å². The van der Waals surface area contributed by atoms with E-state index >= 15 is 0 Å². The van der Waals surface area contributed by atoms with Crippen molar-refractivity contribution >= 4 is 21.6 Å². The Hall–Kier alpha value is -3.03. The maximum Gasteiger partial charge on any atom is 0.255 e. The highest BCUT2D eigenvalue weighted by molar-refractivity contribution is 7.89. The van der Waals surface area contributed by atoms with Crippen LogP contribution >= 0.6 is 0 Å². The van der Waals surface area contributed by atoms with Crippen molar-refractivity contribution in [1.29, 1.82) is 0 Å². The zero-order chi connectivity index (χ0) is 22.7. The SMILES string of the molecule is CCCc1ccc(C(=O)Nc2ccc3c(c2)CN(S(=O)(=O)c2ccc(F)cc2)CC3)cc1. The third-order valence-corrected chi connectivity index (χ3v) is 7.51. The molecule has 0 fully saturated rings. The highest BCUT2D eigenvalue weighted by Gasteiger charge is 2.28. The van der Waals surface area contributed by atoms with Crippen molar-refractivity contribution in [1.82, 2.24) is 4.31 Å². The summed E-state index contributed by atoms with van der Waals surface area (Å²) in [6, 6.07) is 18.0. The van der Waals surface area contributed by atoms with Crippen molar-refractivity contribution in [3.05, 3.63) is 94.8 Å². The van der Waals surface area contributed by atoms with Crippen LogP contribution in [0.1, 0.15) is 40.4 Å². The molecule has 0 aromatic heterocycles. The van der Waals surface area contributed by atoms with Crippen molar-refractivity contribution in [2.75, 3.05) is 11.9 Å². The molecule has 1 N–H and O–H groups in total. The van der Waals surface area contributed by atoms with E-state index < -0.39 is 15.8 Å². The maximum atomic E-state index is 13.2. The molecule has 1 heterocycles. The number of amides is 1. The second-order valence-electron chi connectivity index (χ2n) is 7.93. The Balaban J connectivity index is 1.50. The van der Waals surface area contributed by atoms with E-state index in [1.54, 1.807) is 0 Å². The zero-order valence-corrected chi connectivity index (χ0v) is 18.7. The molecule has 0 spiro atoms. The molecule has 3 aromatic carbocycles. The van der Waals surface area contributed by atoms with E-state index in [-0.39, 0.29) is 17.3 Å². The number of fused-ring (bicyclic) bond motifs is 1. The van der Waals surface area contributed by atoms with Crippen LogP contribution in [0.3, 0.4) is 0 Å². The first-order valence-electron chi connectivity index (χ1n) is 10.6. The van der Waals surface area contributed by atoms with E-state index in [1.807, 2.05) is 42.5 Å². The van der Waals surface area contributed by atoms with E-state index in [2.05, 4.69) is 12.2 Å². The van der Waals surface area contributed by atoms with Crippen LogP contribution in [-0.2, 0) is 29.4 Å². The number of carbonyl (C=O) groups is 1. The van der Waals surface area contributed by atoms with Crippen LogP contribution in [0.4, 0.5) is 10.1 Å². The Kier molecular flexibility index (Phi) is 6.39. The number of benzene rings is 3. The highest BCUT2D eigenvalue weighted by Crippen LogP contribution is 2.27. The summed E-state index contributed by atoms with van der Waals surface area (Å²) in [6.45, 7) is 2.66. The average molecular weight is 453 g/mol. The van der Waals surface area contributed by atoms with Gasteiger partial charge in [-0.1, -0.05) is 31.5 Å². The number of sulfonamides is 1. The summed E-state index contributed by atoms with van der Waals surface area (Å²) in [5.41, 5.74) is 4.28. The van der Waals surface area contributed by atoms with Crippen molar-refractivity contribution in [3.63, 3.8) is 0 Å². The van der Waals surface area contributed by atoms with Gasteiger partial charge in [0.2, 0.25) is 10.0 Å². The fourth-order valence-electron chi connectivity index (χ4n) is 3.88. The summed E-state index contributed by atoms with van der Waals surface area (Å²) in [7, 11) is -3.73. The quantitative estimate of drug-likeness (QED) is 0.586. The number of carbonyl (C=O) groups excluding carboxylic acids is 1. The number of halogens is 1. The van der Waals surface area contributed by atoms with Crippen molar-refractivity contribution in [3.8, 4) is 0 Å². The summed E-state index contributed by atoms with van der Waals surface area (Å²) in [6.07, 6.45) is 2.60. The van der Waals surface area contributed by atoms with Crippen LogP contribution in [0.15, 0.2) is 71.6 Å². The van der Waals surface area contributed by atoms with Gasteiger partial charge in [-0.05, 0) is 78.1 Å². The van der Waals surface area contributed by atoms with Gasteiger partial charge in [0, 0.05) is 24.3 Å². The lowest BCUT2D eigenvalue weighted by Gasteiger charge is -2.28. The van der Waals surface area contributed by atoms with E-state index in [0.29, 0.717) is 24.2 Å². The molecule has 1 aliphatic heterocycles. The average Bonchev–Trinajstić information content (AvgIpc) is 2.79. The summed E-state index contributed by atoms with van der Waals surface area (Å²) >= 11 is 0. The van der Waals surface area contributed by atoms with Crippen LogP contribution in [-0.4, -0.2) is 25.2 Å². The monoisotopic (exact) mass is 452 g/mol. The van der Waals surface area contributed by atoms with E-state index in [0.717, 1.165) is 36.1 Å². The van der Waals surface area contributed by atoms with E-state index in [9.17, 15) is 17.6 Å². The van der Waals surface area contributed by atoms with Gasteiger partial charge >= 0.3 is 0 Å². The van der Waals surface area contributed by atoms with Crippen molar-refractivity contribution in [2.45, 2.75) is 37.6 Å². The largest absolute Gasteiger partial charge is 0.322 e. The summed E-state index contributed by atoms with van der Waals surface area (Å²) < 4.78 is 40.5. The number of aryl methyl sites for hydroxylation is 1. The van der Waals surface area contributed by atoms with Crippen LogP contribution in [0, 0.1) is 5.82 Å². The molecule has 0 saturated heterocycles. The number of nitrogens with zero attached hydrogens (tertiary/aromatic N) is 1.